The van der Waals surface area contributed by atoms with Gasteiger partial charge >= 0.3 is 0 Å². The highest BCUT2D eigenvalue weighted by Crippen LogP contribution is 2.32. The SMILES string of the molecule is CCN1CCN(C(=O)c2cc3c(C)nnc(N[C@H](C)c4cccc(C#N)c4C)c3cc2NC)CC1. The van der Waals surface area contributed by atoms with Crippen LogP contribution < -0.4 is 10.6 Å². The molecule has 0 unspecified atom stereocenters. The Labute approximate surface area is 206 Å². The van der Waals surface area contributed by atoms with Crippen LogP contribution in [0.15, 0.2) is 30.3 Å². The number of likely N-dealkylation sites (N-methyl/N-ethyl adjacent to an activating group) is 1. The standard InChI is InChI=1S/C27H33N7O/c1-6-33-10-12-34(13-11-33)27(35)24-14-22-19(4)31-32-26(23(22)15-25(24)29-5)30-18(3)21-9-7-8-20(16-28)17(21)2/h7-9,14-15,18,29H,6,10-13H2,1-5H3,(H,30,32)/t18-/m1/s1. The molecule has 182 valence electrons. The topological polar surface area (TPSA) is 97.2 Å². The number of carbonyl (C=O) groups excluding carboxylic acids is 1. The molecule has 8 heteroatoms. The minimum Gasteiger partial charge on any atom is -0.387 e. The molecule has 35 heavy (non-hydrogen) atoms. The first-order valence-electron chi connectivity index (χ1n) is 12.1. The summed E-state index contributed by atoms with van der Waals surface area (Å²) in [6.07, 6.45) is 0. The van der Waals surface area contributed by atoms with Gasteiger partial charge in [0.25, 0.3) is 5.91 Å². The number of fused-ring (bicyclic) bond motifs is 1. The van der Waals surface area contributed by atoms with Crippen LogP contribution in [0.2, 0.25) is 0 Å². The van der Waals surface area contributed by atoms with Gasteiger partial charge in [-0.15, -0.1) is 5.10 Å². The van der Waals surface area contributed by atoms with Gasteiger partial charge in [0.1, 0.15) is 0 Å². The number of aromatic nitrogens is 2. The highest BCUT2D eigenvalue weighted by Gasteiger charge is 2.25. The summed E-state index contributed by atoms with van der Waals surface area (Å²) in [4.78, 5) is 17.8. The summed E-state index contributed by atoms with van der Waals surface area (Å²) < 4.78 is 0. The van der Waals surface area contributed by atoms with Gasteiger partial charge in [0, 0.05) is 49.7 Å². The number of amides is 1. The molecule has 1 aromatic heterocycles. The van der Waals surface area contributed by atoms with Crippen LogP contribution in [0.5, 0.6) is 0 Å². The van der Waals surface area contributed by atoms with Crippen molar-refractivity contribution in [3.8, 4) is 6.07 Å². The normalized spacial score (nSPS) is 15.0. The van der Waals surface area contributed by atoms with E-state index in [1.54, 1.807) is 0 Å². The first-order chi connectivity index (χ1) is 16.9. The van der Waals surface area contributed by atoms with E-state index in [9.17, 15) is 10.1 Å². The van der Waals surface area contributed by atoms with Gasteiger partial charge in [-0.3, -0.25) is 4.79 Å². The van der Waals surface area contributed by atoms with E-state index in [1.165, 1.54) is 0 Å². The molecule has 3 aromatic rings. The molecule has 2 aromatic carbocycles. The van der Waals surface area contributed by atoms with Crippen LogP contribution in [0.4, 0.5) is 11.5 Å². The molecule has 1 atom stereocenters. The van der Waals surface area contributed by atoms with E-state index in [0.29, 0.717) is 16.9 Å². The van der Waals surface area contributed by atoms with Gasteiger partial charge in [-0.05, 0) is 56.6 Å². The van der Waals surface area contributed by atoms with Crippen LogP contribution in [-0.2, 0) is 0 Å². The van der Waals surface area contributed by atoms with E-state index in [2.05, 4.69) is 38.7 Å². The molecule has 0 radical (unpaired) electrons. The number of anilines is 2. The van der Waals surface area contributed by atoms with Gasteiger partial charge in [-0.1, -0.05) is 19.1 Å². The van der Waals surface area contributed by atoms with E-state index in [-0.39, 0.29) is 11.9 Å². The fourth-order valence-corrected chi connectivity index (χ4v) is 4.78. The molecule has 2 heterocycles. The lowest BCUT2D eigenvalue weighted by Crippen LogP contribution is -2.48. The zero-order valence-corrected chi connectivity index (χ0v) is 21.1. The van der Waals surface area contributed by atoms with Gasteiger partial charge in [0.2, 0.25) is 0 Å². The van der Waals surface area contributed by atoms with Crippen LogP contribution in [0.25, 0.3) is 10.8 Å². The van der Waals surface area contributed by atoms with Crippen LogP contribution in [-0.4, -0.2) is 65.7 Å². The average molecular weight is 472 g/mol. The van der Waals surface area contributed by atoms with Gasteiger partial charge in [-0.2, -0.15) is 10.4 Å². The second-order valence-corrected chi connectivity index (χ2v) is 9.05. The second-order valence-electron chi connectivity index (χ2n) is 9.05. The Kier molecular flexibility index (Phi) is 7.17. The lowest BCUT2D eigenvalue weighted by atomic mass is 9.98. The van der Waals surface area contributed by atoms with Crippen molar-refractivity contribution in [3.63, 3.8) is 0 Å². The Morgan fingerprint density at radius 1 is 1.14 bits per heavy atom. The molecule has 1 amide bonds. The van der Waals surface area contributed by atoms with Crippen molar-refractivity contribution in [2.45, 2.75) is 33.7 Å². The number of piperazine rings is 1. The molecule has 1 aliphatic heterocycles. The molecule has 0 spiro atoms. The highest BCUT2D eigenvalue weighted by molar-refractivity contribution is 6.06. The molecule has 0 bridgehead atoms. The van der Waals surface area contributed by atoms with Crippen molar-refractivity contribution in [1.29, 1.82) is 5.26 Å². The fourth-order valence-electron chi connectivity index (χ4n) is 4.78. The summed E-state index contributed by atoms with van der Waals surface area (Å²) in [6.45, 7) is 12.3. The molecule has 2 N–H and O–H groups in total. The monoisotopic (exact) mass is 471 g/mol. The van der Waals surface area contributed by atoms with Crippen LogP contribution >= 0.6 is 0 Å². The molecule has 1 aliphatic rings. The highest BCUT2D eigenvalue weighted by atomic mass is 16.2. The Morgan fingerprint density at radius 2 is 1.89 bits per heavy atom. The van der Waals surface area contributed by atoms with Crippen LogP contribution in [0.3, 0.4) is 0 Å². The lowest BCUT2D eigenvalue weighted by Gasteiger charge is -2.34. The molecule has 4 rings (SSSR count). The number of hydrogen-bond acceptors (Lipinski definition) is 7. The number of hydrogen-bond donors (Lipinski definition) is 2. The molecule has 0 aliphatic carbocycles. The number of nitrogens with one attached hydrogen (secondary N) is 2. The van der Waals surface area contributed by atoms with Crippen molar-refractivity contribution in [3.05, 3.63) is 58.3 Å². The summed E-state index contributed by atoms with van der Waals surface area (Å²) in [7, 11) is 1.83. The van der Waals surface area contributed by atoms with Gasteiger partial charge in [-0.25, -0.2) is 0 Å². The molecule has 8 nitrogen and oxygen atoms in total. The second kappa shape index (κ2) is 10.3. The van der Waals surface area contributed by atoms with E-state index in [4.69, 9.17) is 0 Å². The maximum absolute atomic E-state index is 13.5. The molecular formula is C27H33N7O. The maximum atomic E-state index is 13.5. The number of rotatable bonds is 6. The summed E-state index contributed by atoms with van der Waals surface area (Å²) in [5.74, 6) is 0.682. The van der Waals surface area contributed by atoms with Crippen molar-refractivity contribution in [2.75, 3.05) is 50.4 Å². The minimum absolute atomic E-state index is 0.0371. The number of benzene rings is 2. The number of nitriles is 1. The van der Waals surface area contributed by atoms with E-state index in [0.717, 1.165) is 66.0 Å². The Balaban J connectivity index is 1.69. The van der Waals surface area contributed by atoms with E-state index in [1.807, 2.05) is 63.1 Å². The minimum atomic E-state index is -0.0855. The predicted octanol–water partition coefficient (Wildman–Crippen LogP) is 4.11. The van der Waals surface area contributed by atoms with Crippen LogP contribution in [0, 0.1) is 25.2 Å². The third kappa shape index (κ3) is 4.77. The largest absolute Gasteiger partial charge is 0.387 e. The predicted molar refractivity (Wildman–Crippen MR) is 140 cm³/mol. The van der Waals surface area contributed by atoms with Gasteiger partial charge in [0.05, 0.1) is 28.9 Å². The Bertz CT molecular complexity index is 1290. The number of nitrogens with zero attached hydrogens (tertiary/aromatic N) is 5. The summed E-state index contributed by atoms with van der Waals surface area (Å²) >= 11 is 0. The Hall–Kier alpha value is -3.70. The van der Waals surface area contributed by atoms with Crippen molar-refractivity contribution >= 4 is 28.2 Å². The molecular weight excluding hydrogens is 438 g/mol. The van der Waals surface area contributed by atoms with Crippen molar-refractivity contribution in [2.24, 2.45) is 0 Å². The van der Waals surface area contributed by atoms with Crippen LogP contribution in [0.1, 0.15) is 52.6 Å². The first-order valence-corrected chi connectivity index (χ1v) is 12.1. The summed E-state index contributed by atoms with van der Waals surface area (Å²) in [5.41, 5.74) is 4.84. The third-order valence-electron chi connectivity index (χ3n) is 7.02. The van der Waals surface area contributed by atoms with Crippen molar-refractivity contribution < 1.29 is 4.79 Å². The zero-order chi connectivity index (χ0) is 25.1. The third-order valence-corrected chi connectivity index (χ3v) is 7.02. The average Bonchev–Trinajstić information content (AvgIpc) is 2.89. The zero-order valence-electron chi connectivity index (χ0n) is 21.1. The number of carbonyl (C=O) groups is 1. The quantitative estimate of drug-likeness (QED) is 0.558. The van der Waals surface area contributed by atoms with Gasteiger partial charge < -0.3 is 20.4 Å². The molecule has 1 saturated heterocycles. The molecule has 1 fully saturated rings. The van der Waals surface area contributed by atoms with E-state index >= 15 is 0 Å². The summed E-state index contributed by atoms with van der Waals surface area (Å²) in [5, 5.41) is 26.7. The Morgan fingerprint density at radius 3 is 2.54 bits per heavy atom. The first kappa shape index (κ1) is 24.4. The lowest BCUT2D eigenvalue weighted by molar-refractivity contribution is 0.0644. The smallest absolute Gasteiger partial charge is 0.256 e. The summed E-state index contributed by atoms with van der Waals surface area (Å²) in [6, 6.07) is 11.8. The van der Waals surface area contributed by atoms with Crippen molar-refractivity contribution in [1.82, 2.24) is 20.0 Å². The van der Waals surface area contributed by atoms with E-state index < -0.39 is 0 Å². The maximum Gasteiger partial charge on any atom is 0.256 e. The van der Waals surface area contributed by atoms with Gasteiger partial charge in [0.15, 0.2) is 5.82 Å². The molecule has 0 saturated carbocycles. The number of aryl methyl sites for hydroxylation is 1. The fraction of sp³-hybridized carbons (Fsp3) is 0.407.